The van der Waals surface area contributed by atoms with Gasteiger partial charge in [-0.3, -0.25) is 19.0 Å². The van der Waals surface area contributed by atoms with E-state index in [1.165, 1.54) is 69.2 Å². The van der Waals surface area contributed by atoms with Gasteiger partial charge in [-0.15, -0.1) is 0 Å². The molecule has 258 valence electrons. The molecule has 0 saturated carbocycles. The van der Waals surface area contributed by atoms with Crippen molar-refractivity contribution >= 4 is 52.0 Å². The first-order valence-electron chi connectivity index (χ1n) is 15.2. The zero-order valence-corrected chi connectivity index (χ0v) is 29.3. The van der Waals surface area contributed by atoms with Crippen LogP contribution in [-0.2, 0) is 9.53 Å². The van der Waals surface area contributed by atoms with E-state index >= 15 is 4.39 Å². The quantitative estimate of drug-likeness (QED) is 0.208. The van der Waals surface area contributed by atoms with Crippen molar-refractivity contribution in [2.75, 3.05) is 37.2 Å². The fraction of sp³-hybridized carbons (Fsp3) is 0.229. The summed E-state index contributed by atoms with van der Waals surface area (Å²) in [5.41, 5.74) is 5.02. The van der Waals surface area contributed by atoms with E-state index in [-0.39, 0.29) is 60.3 Å². The van der Waals surface area contributed by atoms with Gasteiger partial charge in [-0.25, -0.2) is 18.6 Å². The molecule has 0 atom stereocenters. The van der Waals surface area contributed by atoms with E-state index in [2.05, 4.69) is 22.1 Å². The Morgan fingerprint density at radius 2 is 1.64 bits per heavy atom. The highest BCUT2D eigenvalue weighted by Crippen LogP contribution is 2.31. The predicted octanol–water partition coefficient (Wildman–Crippen LogP) is 5.17. The molecule has 3 N–H and O–H groups in total. The molecule has 3 heterocycles. The lowest BCUT2D eigenvalue weighted by Gasteiger charge is -2.34. The molecule has 2 aromatic carbocycles. The fourth-order valence-electron chi connectivity index (χ4n) is 4.78. The average molecular weight is 797 g/mol. The molecule has 0 spiro atoms. The van der Waals surface area contributed by atoms with Crippen LogP contribution in [0.15, 0.2) is 71.8 Å². The summed E-state index contributed by atoms with van der Waals surface area (Å²) in [6, 6.07) is 11.8. The average Bonchev–Trinajstić information content (AvgIpc) is 3.05. The molecule has 15 heteroatoms. The summed E-state index contributed by atoms with van der Waals surface area (Å²) in [4.78, 5) is 58.6. The number of hydrogen-bond donors (Lipinski definition) is 2. The van der Waals surface area contributed by atoms with E-state index in [1.807, 2.05) is 22.6 Å². The largest absolute Gasteiger partial charge is 0.453 e. The van der Waals surface area contributed by atoms with Crippen LogP contribution in [0, 0.1) is 27.0 Å². The lowest BCUT2D eigenvalue weighted by molar-refractivity contribution is -0.126. The number of nitrogens with two attached hydrogens (primary N) is 1. The second-order valence-electron chi connectivity index (χ2n) is 12.0. The summed E-state index contributed by atoms with van der Waals surface area (Å²) in [6.45, 7) is 6.38. The number of pyridine rings is 2. The minimum absolute atomic E-state index is 0.0309. The van der Waals surface area contributed by atoms with E-state index in [1.54, 1.807) is 26.8 Å². The molecule has 0 unspecified atom stereocenters. The molecule has 1 fully saturated rings. The first-order chi connectivity index (χ1) is 23.7. The molecule has 1 saturated heterocycles. The smallest absolute Gasteiger partial charge is 0.410 e. The van der Waals surface area contributed by atoms with E-state index < -0.39 is 40.7 Å². The maximum Gasteiger partial charge on any atom is 0.410 e. The third kappa shape index (κ3) is 8.55. The van der Waals surface area contributed by atoms with Crippen LogP contribution < -0.4 is 21.3 Å². The predicted molar refractivity (Wildman–Crippen MR) is 189 cm³/mol. The van der Waals surface area contributed by atoms with E-state index in [4.69, 9.17) is 15.2 Å². The van der Waals surface area contributed by atoms with E-state index in [0.717, 1.165) is 6.07 Å². The van der Waals surface area contributed by atoms with Gasteiger partial charge in [0, 0.05) is 71.6 Å². The van der Waals surface area contributed by atoms with E-state index in [0.29, 0.717) is 9.26 Å². The number of nitrogen functional groups attached to an aromatic ring is 1. The summed E-state index contributed by atoms with van der Waals surface area (Å²) in [6.07, 6.45) is 2.34. The SMILES string of the molecule is CC(C)(C)OC(=O)N1CCN(C(=O)C#Cc2c(Oc3ccc(NC(=O)c4c(I)ccn(-c5ccc(F)cc5)c4=O)cc3F)ccnc2N)CC1. The lowest BCUT2D eigenvalue weighted by Crippen LogP contribution is -2.51. The Balaban J connectivity index is 1.27. The van der Waals surface area contributed by atoms with Crippen molar-refractivity contribution in [2.24, 2.45) is 0 Å². The van der Waals surface area contributed by atoms with Gasteiger partial charge in [-0.2, -0.15) is 0 Å². The second kappa shape index (κ2) is 14.9. The highest BCUT2D eigenvalue weighted by molar-refractivity contribution is 14.1. The number of rotatable bonds is 5. The molecule has 4 aromatic rings. The molecule has 1 aliphatic heterocycles. The molecule has 0 bridgehead atoms. The molecule has 5 rings (SSSR count). The standard InChI is InChI=1S/C35H31F2IN6O6/c1-35(2,3)50-34(48)43-18-16-42(17-19-43)29(45)11-9-24-27(12-14-40-31(24)39)49-28-10-6-22(20-25(28)37)41-32(46)30-26(38)13-15-44(33(30)47)23-7-4-21(36)5-8-23/h4-8,10,12-15,20H,16-19H2,1-3H3,(H2,39,40)(H,41,46). The number of nitrogens with zero attached hydrogens (tertiary/aromatic N) is 4. The number of anilines is 2. The van der Waals surface area contributed by atoms with Gasteiger partial charge in [-0.1, -0.05) is 0 Å². The summed E-state index contributed by atoms with van der Waals surface area (Å²) >= 11 is 1.85. The number of carbonyl (C=O) groups excluding carboxylic acids is 3. The monoisotopic (exact) mass is 796 g/mol. The number of benzene rings is 2. The third-order valence-corrected chi connectivity index (χ3v) is 8.14. The van der Waals surface area contributed by atoms with Gasteiger partial charge in [0.05, 0.1) is 0 Å². The number of amides is 3. The minimum atomic E-state index is -0.859. The van der Waals surface area contributed by atoms with Crippen LogP contribution in [0.4, 0.5) is 25.1 Å². The zero-order chi connectivity index (χ0) is 36.2. The Morgan fingerprint density at radius 3 is 2.30 bits per heavy atom. The van der Waals surface area contributed by atoms with Crippen LogP contribution in [0.5, 0.6) is 11.5 Å². The molecule has 1 aliphatic rings. The Hall–Kier alpha value is -5.50. The first kappa shape index (κ1) is 35.8. The fourth-order valence-corrected chi connectivity index (χ4v) is 5.42. The van der Waals surface area contributed by atoms with Gasteiger partial charge in [0.25, 0.3) is 17.4 Å². The number of piperazine rings is 1. The molecule has 12 nitrogen and oxygen atoms in total. The van der Waals surface area contributed by atoms with Gasteiger partial charge in [0.2, 0.25) is 0 Å². The van der Waals surface area contributed by atoms with Gasteiger partial charge in [0.1, 0.15) is 34.1 Å². The highest BCUT2D eigenvalue weighted by Gasteiger charge is 2.27. The normalized spacial score (nSPS) is 12.8. The number of ether oxygens (including phenoxy) is 2. The molecule has 3 amide bonds. The Morgan fingerprint density at radius 1 is 0.960 bits per heavy atom. The maximum absolute atomic E-state index is 15.3. The van der Waals surface area contributed by atoms with Crippen LogP contribution in [0.3, 0.4) is 0 Å². The molecular weight excluding hydrogens is 765 g/mol. The van der Waals surface area contributed by atoms with Gasteiger partial charge in [-0.05, 0) is 91.7 Å². The number of aromatic nitrogens is 2. The number of halogens is 3. The van der Waals surface area contributed by atoms with Crippen molar-refractivity contribution in [1.29, 1.82) is 0 Å². The van der Waals surface area contributed by atoms with Crippen molar-refractivity contribution in [3.8, 4) is 29.0 Å². The van der Waals surface area contributed by atoms with Crippen LogP contribution in [-0.4, -0.2) is 69.0 Å². The zero-order valence-electron chi connectivity index (χ0n) is 27.1. The first-order valence-corrected chi connectivity index (χ1v) is 16.3. The number of carbonyl (C=O) groups is 3. The maximum atomic E-state index is 15.3. The van der Waals surface area contributed by atoms with Crippen molar-refractivity contribution in [3.05, 3.63) is 104 Å². The van der Waals surface area contributed by atoms with Crippen molar-refractivity contribution < 1.29 is 32.6 Å². The molecule has 0 aliphatic carbocycles. The van der Waals surface area contributed by atoms with Gasteiger partial charge >= 0.3 is 6.09 Å². The van der Waals surface area contributed by atoms with Crippen molar-refractivity contribution in [3.63, 3.8) is 0 Å². The molecule has 50 heavy (non-hydrogen) atoms. The molecule has 0 radical (unpaired) electrons. The van der Waals surface area contributed by atoms with Gasteiger partial charge < -0.3 is 30.3 Å². The third-order valence-electron chi connectivity index (χ3n) is 7.24. The summed E-state index contributed by atoms with van der Waals surface area (Å²) in [7, 11) is 0. The number of hydrogen-bond acceptors (Lipinski definition) is 8. The topological polar surface area (TPSA) is 149 Å². The van der Waals surface area contributed by atoms with Crippen LogP contribution >= 0.6 is 22.6 Å². The summed E-state index contributed by atoms with van der Waals surface area (Å²) in [5, 5.41) is 2.53. The highest BCUT2D eigenvalue weighted by atomic mass is 127. The van der Waals surface area contributed by atoms with Crippen LogP contribution in [0.1, 0.15) is 36.7 Å². The molecule has 2 aromatic heterocycles. The van der Waals surface area contributed by atoms with Crippen LogP contribution in [0.25, 0.3) is 5.69 Å². The minimum Gasteiger partial charge on any atom is -0.453 e. The van der Waals surface area contributed by atoms with Crippen LogP contribution in [0.2, 0.25) is 0 Å². The summed E-state index contributed by atoms with van der Waals surface area (Å²) < 4.78 is 41.4. The molecular formula is C35H31F2IN6O6. The Kier molecular flexibility index (Phi) is 10.7. The Bertz CT molecular complexity index is 2080. The number of nitrogens with one attached hydrogen (secondary N) is 1. The lowest BCUT2D eigenvalue weighted by atomic mass is 10.2. The van der Waals surface area contributed by atoms with Crippen molar-refractivity contribution in [1.82, 2.24) is 19.4 Å². The summed E-state index contributed by atoms with van der Waals surface area (Å²) in [5.74, 6) is 2.32. The van der Waals surface area contributed by atoms with Gasteiger partial charge in [0.15, 0.2) is 11.6 Å². The second-order valence-corrected chi connectivity index (χ2v) is 13.1. The van der Waals surface area contributed by atoms with E-state index in [9.17, 15) is 23.6 Å². The Labute approximate surface area is 299 Å². The van der Waals surface area contributed by atoms with Crippen molar-refractivity contribution in [2.45, 2.75) is 26.4 Å².